The van der Waals surface area contributed by atoms with Gasteiger partial charge < -0.3 is 4.90 Å². The standard InChI is InChI=1S/C17H18FNO/c1-13-5-3-4-6-17(13)19(2)12-16(20)11-14-7-9-15(18)10-8-14/h3-10H,11-12H2,1-2H3. The van der Waals surface area contributed by atoms with Crippen molar-refractivity contribution in [2.45, 2.75) is 13.3 Å². The first-order valence-corrected chi connectivity index (χ1v) is 6.59. The van der Waals surface area contributed by atoms with Crippen molar-refractivity contribution in [2.24, 2.45) is 0 Å². The van der Waals surface area contributed by atoms with E-state index in [1.807, 2.05) is 43.1 Å². The maximum atomic E-state index is 12.8. The summed E-state index contributed by atoms with van der Waals surface area (Å²) in [4.78, 5) is 14.0. The van der Waals surface area contributed by atoms with E-state index >= 15 is 0 Å². The molecular formula is C17H18FNO. The molecule has 0 bridgehead atoms. The van der Waals surface area contributed by atoms with E-state index in [0.717, 1.165) is 16.8 Å². The molecule has 0 amide bonds. The summed E-state index contributed by atoms with van der Waals surface area (Å²) in [6.07, 6.45) is 0.330. The van der Waals surface area contributed by atoms with Crippen molar-refractivity contribution in [2.75, 3.05) is 18.5 Å². The lowest BCUT2D eigenvalue weighted by atomic mass is 10.1. The maximum Gasteiger partial charge on any atom is 0.156 e. The molecule has 0 saturated carbocycles. The number of para-hydroxylation sites is 1. The van der Waals surface area contributed by atoms with E-state index in [-0.39, 0.29) is 11.6 Å². The highest BCUT2D eigenvalue weighted by atomic mass is 19.1. The summed E-state index contributed by atoms with van der Waals surface area (Å²) in [6.45, 7) is 2.37. The van der Waals surface area contributed by atoms with E-state index in [1.54, 1.807) is 12.1 Å². The zero-order valence-corrected chi connectivity index (χ0v) is 11.8. The maximum absolute atomic E-state index is 12.8. The number of halogens is 1. The summed E-state index contributed by atoms with van der Waals surface area (Å²) in [5.74, 6) is -0.166. The molecule has 2 aromatic carbocycles. The fourth-order valence-corrected chi connectivity index (χ4v) is 2.23. The van der Waals surface area contributed by atoms with Gasteiger partial charge in [0.25, 0.3) is 0 Å². The largest absolute Gasteiger partial charge is 0.367 e. The van der Waals surface area contributed by atoms with Crippen LogP contribution in [-0.2, 0) is 11.2 Å². The minimum absolute atomic E-state index is 0.113. The average Bonchev–Trinajstić information content (AvgIpc) is 2.41. The zero-order valence-electron chi connectivity index (χ0n) is 11.8. The number of benzene rings is 2. The first kappa shape index (κ1) is 14.3. The quantitative estimate of drug-likeness (QED) is 0.831. The second kappa shape index (κ2) is 6.33. The van der Waals surface area contributed by atoms with Crippen LogP contribution in [0.15, 0.2) is 48.5 Å². The van der Waals surface area contributed by atoms with Crippen LogP contribution >= 0.6 is 0 Å². The summed E-state index contributed by atoms with van der Waals surface area (Å²) in [5, 5.41) is 0. The van der Waals surface area contributed by atoms with Crippen LogP contribution in [0.1, 0.15) is 11.1 Å². The van der Waals surface area contributed by atoms with E-state index in [0.29, 0.717) is 13.0 Å². The van der Waals surface area contributed by atoms with Gasteiger partial charge in [-0.25, -0.2) is 4.39 Å². The lowest BCUT2D eigenvalue weighted by Crippen LogP contribution is -2.27. The summed E-state index contributed by atoms with van der Waals surface area (Å²) >= 11 is 0. The van der Waals surface area contributed by atoms with E-state index in [9.17, 15) is 9.18 Å². The highest BCUT2D eigenvalue weighted by Gasteiger charge is 2.10. The third kappa shape index (κ3) is 3.67. The second-order valence-corrected chi connectivity index (χ2v) is 4.98. The van der Waals surface area contributed by atoms with Crippen LogP contribution in [0.3, 0.4) is 0 Å². The molecule has 2 nitrogen and oxygen atoms in total. The molecule has 0 aromatic heterocycles. The predicted octanol–water partition coefficient (Wildman–Crippen LogP) is 3.38. The molecule has 0 aliphatic carbocycles. The summed E-state index contributed by atoms with van der Waals surface area (Å²) in [7, 11) is 1.91. The molecule has 0 radical (unpaired) electrons. The van der Waals surface area contributed by atoms with Gasteiger partial charge in [-0.1, -0.05) is 30.3 Å². The van der Waals surface area contributed by atoms with Crippen LogP contribution in [-0.4, -0.2) is 19.4 Å². The molecule has 0 N–H and O–H groups in total. The van der Waals surface area contributed by atoms with Gasteiger partial charge in [0.15, 0.2) is 5.78 Å². The molecule has 104 valence electrons. The van der Waals surface area contributed by atoms with E-state index < -0.39 is 0 Å². The fourth-order valence-electron chi connectivity index (χ4n) is 2.23. The van der Waals surface area contributed by atoms with Crippen molar-refractivity contribution in [3.8, 4) is 0 Å². The lowest BCUT2D eigenvalue weighted by molar-refractivity contribution is -0.117. The van der Waals surface area contributed by atoms with E-state index in [1.165, 1.54) is 12.1 Å². The molecule has 0 spiro atoms. The Morgan fingerprint density at radius 3 is 2.40 bits per heavy atom. The topological polar surface area (TPSA) is 20.3 Å². The number of hydrogen-bond donors (Lipinski definition) is 0. The van der Waals surface area contributed by atoms with Crippen molar-refractivity contribution in [1.29, 1.82) is 0 Å². The minimum Gasteiger partial charge on any atom is -0.367 e. The Labute approximate surface area is 118 Å². The Morgan fingerprint density at radius 1 is 1.10 bits per heavy atom. The molecule has 2 rings (SSSR count). The third-order valence-corrected chi connectivity index (χ3v) is 3.25. The Morgan fingerprint density at radius 2 is 1.75 bits per heavy atom. The van der Waals surface area contributed by atoms with Crippen molar-refractivity contribution in [1.82, 2.24) is 0 Å². The van der Waals surface area contributed by atoms with Gasteiger partial charge in [0.2, 0.25) is 0 Å². The molecule has 3 heteroatoms. The number of aryl methyl sites for hydroxylation is 1. The first-order chi connectivity index (χ1) is 9.56. The van der Waals surface area contributed by atoms with Crippen LogP contribution in [0.2, 0.25) is 0 Å². The van der Waals surface area contributed by atoms with Crippen LogP contribution < -0.4 is 4.90 Å². The molecule has 0 unspecified atom stereocenters. The highest BCUT2D eigenvalue weighted by Crippen LogP contribution is 2.17. The Kier molecular flexibility index (Phi) is 4.51. The van der Waals surface area contributed by atoms with E-state index in [2.05, 4.69) is 0 Å². The summed E-state index contributed by atoms with van der Waals surface area (Å²) in [5.41, 5.74) is 3.04. The third-order valence-electron chi connectivity index (χ3n) is 3.25. The highest BCUT2D eigenvalue weighted by molar-refractivity contribution is 5.85. The van der Waals surface area contributed by atoms with Gasteiger partial charge >= 0.3 is 0 Å². The van der Waals surface area contributed by atoms with Crippen molar-refractivity contribution in [3.63, 3.8) is 0 Å². The van der Waals surface area contributed by atoms with Crippen LogP contribution in [0.5, 0.6) is 0 Å². The van der Waals surface area contributed by atoms with Gasteiger partial charge in [-0.3, -0.25) is 4.79 Å². The van der Waals surface area contributed by atoms with Gasteiger partial charge in [0, 0.05) is 19.2 Å². The Bertz CT molecular complexity index is 592. The number of rotatable bonds is 5. The first-order valence-electron chi connectivity index (χ1n) is 6.59. The molecule has 20 heavy (non-hydrogen) atoms. The number of hydrogen-bond acceptors (Lipinski definition) is 2. The van der Waals surface area contributed by atoms with Crippen LogP contribution in [0.25, 0.3) is 0 Å². The normalized spacial score (nSPS) is 10.3. The van der Waals surface area contributed by atoms with Gasteiger partial charge in [0.05, 0.1) is 6.54 Å². The van der Waals surface area contributed by atoms with Crippen molar-refractivity contribution < 1.29 is 9.18 Å². The predicted molar refractivity (Wildman–Crippen MR) is 79.6 cm³/mol. The Balaban J connectivity index is 1.98. The van der Waals surface area contributed by atoms with Crippen molar-refractivity contribution in [3.05, 3.63) is 65.5 Å². The van der Waals surface area contributed by atoms with Crippen LogP contribution in [0.4, 0.5) is 10.1 Å². The van der Waals surface area contributed by atoms with Gasteiger partial charge in [-0.05, 0) is 36.2 Å². The second-order valence-electron chi connectivity index (χ2n) is 4.98. The smallest absolute Gasteiger partial charge is 0.156 e. The molecule has 2 aromatic rings. The Hall–Kier alpha value is -2.16. The summed E-state index contributed by atoms with van der Waals surface area (Å²) < 4.78 is 12.8. The molecule has 0 saturated heterocycles. The fraction of sp³-hybridized carbons (Fsp3) is 0.235. The molecule has 0 atom stereocenters. The van der Waals surface area contributed by atoms with Gasteiger partial charge in [0.1, 0.15) is 5.82 Å². The SMILES string of the molecule is Cc1ccccc1N(C)CC(=O)Cc1ccc(F)cc1. The zero-order chi connectivity index (χ0) is 14.5. The van der Waals surface area contributed by atoms with Gasteiger partial charge in [-0.2, -0.15) is 0 Å². The number of carbonyl (C=O) groups is 1. The van der Waals surface area contributed by atoms with Crippen molar-refractivity contribution >= 4 is 11.5 Å². The molecule has 0 fully saturated rings. The number of Topliss-reactive ketones (excluding diaryl/α,β-unsaturated/α-hetero) is 1. The van der Waals surface area contributed by atoms with Gasteiger partial charge in [-0.15, -0.1) is 0 Å². The molecule has 0 aliphatic rings. The number of carbonyl (C=O) groups excluding carboxylic acids is 1. The average molecular weight is 271 g/mol. The molecule has 0 heterocycles. The number of nitrogens with zero attached hydrogens (tertiary/aromatic N) is 1. The molecule has 0 aliphatic heterocycles. The summed E-state index contributed by atoms with van der Waals surface area (Å²) in [6, 6.07) is 14.0. The van der Waals surface area contributed by atoms with Crippen LogP contribution in [0, 0.1) is 12.7 Å². The monoisotopic (exact) mass is 271 g/mol. The lowest BCUT2D eigenvalue weighted by Gasteiger charge is -2.20. The number of anilines is 1. The molecular weight excluding hydrogens is 253 g/mol. The minimum atomic E-state index is -0.279. The number of ketones is 1. The number of likely N-dealkylation sites (N-methyl/N-ethyl adjacent to an activating group) is 1. The van der Waals surface area contributed by atoms with E-state index in [4.69, 9.17) is 0 Å².